The lowest BCUT2D eigenvalue weighted by Gasteiger charge is -2.33. The van der Waals surface area contributed by atoms with E-state index in [1.807, 2.05) is 0 Å². The van der Waals surface area contributed by atoms with Crippen LogP contribution in [-0.2, 0) is 71.9 Å². The van der Waals surface area contributed by atoms with Gasteiger partial charge in [-0.3, -0.25) is 67.1 Å². The standard InChI is InChI=1S/C53H87N13O21/c1-9-26(8)41(64-43(76)28(18-35(54)70)57-45(78)30(20-67)59-46(79)31(21-68)60-49(82)38(55)23(2)3)50(83)61-32(22-69)44(77)56-27(14-15-36(71)72)42(75)58-29(19-37(73)74)51(84)65-16-10-12-33(65)47(80)62-39(24(4)5)52(85)66-17-11-13-34(66)48(81)63-40(25(6)7)53(86)87/h23-34,38-41,67-69H,9-22,55H2,1-8H3,(H2,54,70)(H,56,77)(H,57,78)(H,58,75)(H,59,79)(H,60,82)(H,61,83)(H,62,80)(H,63,81)(H,64,76)(H,71,72)(H,73,74)(H,86,87)/t26-,27-,28-,29-,30-,31-,32-,33-,34-,38-,39-,40-,41-/m0/s1. The van der Waals surface area contributed by atoms with E-state index in [1.54, 1.807) is 48.5 Å². The molecular weight excluding hydrogens is 1150 g/mol. The minimum atomic E-state index is -1.99. The number of carbonyl (C=O) groups is 15. The first-order chi connectivity index (χ1) is 40.6. The van der Waals surface area contributed by atoms with Crippen molar-refractivity contribution >= 4 is 88.8 Å². The van der Waals surface area contributed by atoms with Gasteiger partial charge in [0, 0.05) is 19.5 Å². The van der Waals surface area contributed by atoms with Gasteiger partial charge in [-0.25, -0.2) is 4.79 Å². The molecule has 2 saturated heterocycles. The van der Waals surface area contributed by atoms with Gasteiger partial charge in [0.25, 0.3) is 0 Å². The van der Waals surface area contributed by atoms with Crippen LogP contribution in [0.4, 0.5) is 0 Å². The van der Waals surface area contributed by atoms with Crippen LogP contribution in [0.15, 0.2) is 0 Å². The average molecular weight is 1240 g/mol. The summed E-state index contributed by atoms with van der Waals surface area (Å²) in [6.45, 7) is 9.30. The minimum Gasteiger partial charge on any atom is -0.481 e. The zero-order valence-corrected chi connectivity index (χ0v) is 50.0. The Hall–Kier alpha value is -8.11. The lowest BCUT2D eigenvalue weighted by atomic mass is 9.97. The molecule has 0 aromatic heterocycles. The van der Waals surface area contributed by atoms with Crippen molar-refractivity contribution in [3.8, 4) is 0 Å². The molecule has 0 radical (unpaired) electrons. The third-order valence-electron chi connectivity index (χ3n) is 14.7. The average Bonchev–Trinajstić information content (AvgIpc) is 2.52. The summed E-state index contributed by atoms with van der Waals surface area (Å²) in [6.07, 6.45) is -2.70. The van der Waals surface area contributed by atoms with E-state index in [9.17, 15) is 103 Å². The van der Waals surface area contributed by atoms with E-state index in [4.69, 9.17) is 11.5 Å². The molecule has 0 unspecified atom stereocenters. The van der Waals surface area contributed by atoms with Gasteiger partial charge < -0.3 is 99.8 Å². The van der Waals surface area contributed by atoms with Crippen LogP contribution in [0.5, 0.6) is 0 Å². The first-order valence-electron chi connectivity index (χ1n) is 28.5. The minimum absolute atomic E-state index is 0.000998. The number of nitrogens with two attached hydrogens (primary N) is 2. The number of amides is 12. The maximum atomic E-state index is 14.3. The summed E-state index contributed by atoms with van der Waals surface area (Å²) in [7, 11) is 0. The van der Waals surface area contributed by atoms with Crippen LogP contribution < -0.4 is 59.3 Å². The highest BCUT2D eigenvalue weighted by Gasteiger charge is 2.44. The summed E-state index contributed by atoms with van der Waals surface area (Å²) in [5.74, 6) is -19.6. The van der Waals surface area contributed by atoms with Gasteiger partial charge >= 0.3 is 17.9 Å². The summed E-state index contributed by atoms with van der Waals surface area (Å²) in [5, 5.41) is 79.6. The van der Waals surface area contributed by atoms with Crippen LogP contribution in [-0.4, -0.2) is 235 Å². The summed E-state index contributed by atoms with van der Waals surface area (Å²) in [5.41, 5.74) is 11.1. The van der Waals surface area contributed by atoms with E-state index in [0.717, 1.165) is 4.90 Å². The number of aliphatic carboxylic acids is 3. The number of rotatable bonds is 36. The van der Waals surface area contributed by atoms with Gasteiger partial charge in [-0.1, -0.05) is 61.8 Å². The summed E-state index contributed by atoms with van der Waals surface area (Å²) >= 11 is 0. The number of carboxylic acid groups (broad SMARTS) is 3. The lowest BCUT2D eigenvalue weighted by molar-refractivity contribution is -0.148. The second kappa shape index (κ2) is 35.5. The molecule has 0 aromatic carbocycles. The second-order valence-corrected chi connectivity index (χ2v) is 22.4. The molecule has 34 heteroatoms. The van der Waals surface area contributed by atoms with E-state index in [-0.39, 0.29) is 44.7 Å². The van der Waals surface area contributed by atoms with Gasteiger partial charge in [-0.05, 0) is 55.8 Å². The summed E-state index contributed by atoms with van der Waals surface area (Å²) in [4.78, 5) is 200. The number of likely N-dealkylation sites (tertiary alicyclic amines) is 2. The molecule has 0 bridgehead atoms. The summed E-state index contributed by atoms with van der Waals surface area (Å²) < 4.78 is 0. The number of nitrogens with zero attached hydrogens (tertiary/aromatic N) is 2. The Balaban J connectivity index is 2.34. The zero-order chi connectivity index (χ0) is 66.3. The fourth-order valence-corrected chi connectivity index (χ4v) is 9.29. The fourth-order valence-electron chi connectivity index (χ4n) is 9.29. The smallest absolute Gasteiger partial charge is 0.326 e. The van der Waals surface area contributed by atoms with Crippen LogP contribution >= 0.6 is 0 Å². The highest BCUT2D eigenvalue weighted by Crippen LogP contribution is 2.24. The Kier molecular flexibility index (Phi) is 30.6. The molecule has 2 aliphatic heterocycles. The molecule has 0 aliphatic carbocycles. The molecule has 490 valence electrons. The summed E-state index contributed by atoms with van der Waals surface area (Å²) in [6, 6.07) is -19.0. The Bertz CT molecular complexity index is 2520. The Morgan fingerprint density at radius 2 is 0.862 bits per heavy atom. The van der Waals surface area contributed by atoms with Crippen molar-refractivity contribution in [3.05, 3.63) is 0 Å². The Labute approximate surface area is 501 Å². The van der Waals surface area contributed by atoms with Gasteiger partial charge in [0.2, 0.25) is 70.9 Å². The van der Waals surface area contributed by atoms with Crippen molar-refractivity contribution in [1.29, 1.82) is 0 Å². The molecule has 2 heterocycles. The predicted molar refractivity (Wildman–Crippen MR) is 301 cm³/mol. The van der Waals surface area contributed by atoms with Gasteiger partial charge in [0.15, 0.2) is 0 Å². The molecule has 0 spiro atoms. The molecule has 87 heavy (non-hydrogen) atoms. The van der Waals surface area contributed by atoms with Crippen LogP contribution in [0, 0.1) is 23.7 Å². The van der Waals surface area contributed by atoms with Crippen molar-refractivity contribution in [3.63, 3.8) is 0 Å². The van der Waals surface area contributed by atoms with E-state index < -0.39 is 225 Å². The topological polar surface area (TPSA) is 544 Å². The number of hydrogen-bond acceptors (Lipinski definition) is 19. The quantitative estimate of drug-likeness (QED) is 0.0277. The molecule has 0 saturated carbocycles. The number of carboxylic acids is 3. The van der Waals surface area contributed by atoms with Crippen molar-refractivity contribution in [2.24, 2.45) is 35.1 Å². The zero-order valence-electron chi connectivity index (χ0n) is 50.0. The molecular formula is C53H87N13O21. The molecule has 0 aromatic rings. The van der Waals surface area contributed by atoms with Gasteiger partial charge in [-0.15, -0.1) is 0 Å². The van der Waals surface area contributed by atoms with E-state index in [0.29, 0.717) is 6.42 Å². The SMILES string of the molecule is CC[C@H](C)[C@H](NC(=O)[C@H](CC(N)=O)NC(=O)[C@H](CO)NC(=O)[C@H](CO)NC(=O)[C@@H](N)C(C)C)C(=O)N[C@@H](CO)C(=O)N[C@@H](CCC(=O)O)C(=O)N[C@@H](CC(=O)O)C(=O)N1CCC[C@H]1C(=O)N[C@H](C(=O)N1CCC[C@H]1C(=O)N[C@H](C(=O)O)C(C)C)C(C)C. The highest BCUT2D eigenvalue weighted by atomic mass is 16.4. The largest absolute Gasteiger partial charge is 0.481 e. The Morgan fingerprint density at radius 3 is 1.28 bits per heavy atom. The molecule has 2 fully saturated rings. The third kappa shape index (κ3) is 22.6. The fraction of sp³-hybridized carbons (Fsp3) is 0.717. The maximum Gasteiger partial charge on any atom is 0.326 e. The van der Waals surface area contributed by atoms with Gasteiger partial charge in [-0.2, -0.15) is 0 Å². The number of nitrogens with one attached hydrogen (secondary N) is 9. The van der Waals surface area contributed by atoms with Crippen LogP contribution in [0.3, 0.4) is 0 Å². The second-order valence-electron chi connectivity index (χ2n) is 22.4. The van der Waals surface area contributed by atoms with Crippen LogP contribution in [0.25, 0.3) is 0 Å². The van der Waals surface area contributed by atoms with Gasteiger partial charge in [0.05, 0.1) is 38.7 Å². The third-order valence-corrected chi connectivity index (χ3v) is 14.7. The van der Waals surface area contributed by atoms with Crippen LogP contribution in [0.1, 0.15) is 113 Å². The molecule has 12 amide bonds. The van der Waals surface area contributed by atoms with Crippen LogP contribution in [0.2, 0.25) is 0 Å². The molecule has 34 nitrogen and oxygen atoms in total. The van der Waals surface area contributed by atoms with Gasteiger partial charge in [0.1, 0.15) is 66.5 Å². The van der Waals surface area contributed by atoms with Crippen molar-refractivity contribution in [1.82, 2.24) is 57.7 Å². The molecule has 2 aliphatic rings. The number of aliphatic hydroxyl groups is 3. The number of carbonyl (C=O) groups excluding carboxylic acids is 12. The first-order valence-corrected chi connectivity index (χ1v) is 28.5. The lowest BCUT2D eigenvalue weighted by Crippen LogP contribution is -2.62. The van der Waals surface area contributed by atoms with E-state index in [1.165, 1.54) is 11.8 Å². The molecule has 13 atom stereocenters. The number of primary amides is 1. The Morgan fingerprint density at radius 1 is 0.460 bits per heavy atom. The monoisotopic (exact) mass is 1240 g/mol. The van der Waals surface area contributed by atoms with E-state index in [2.05, 4.69) is 47.9 Å². The molecule has 2 rings (SSSR count). The maximum absolute atomic E-state index is 14.3. The predicted octanol–water partition coefficient (Wildman–Crippen LogP) is -7.05. The van der Waals surface area contributed by atoms with E-state index >= 15 is 0 Å². The molecule has 19 N–H and O–H groups in total. The van der Waals surface area contributed by atoms with Crippen molar-refractivity contribution < 1.29 is 103 Å². The number of hydrogen-bond donors (Lipinski definition) is 17. The van der Waals surface area contributed by atoms with Crippen molar-refractivity contribution in [2.45, 2.75) is 186 Å². The highest BCUT2D eigenvalue weighted by molar-refractivity contribution is 6.01. The number of aliphatic hydroxyl groups excluding tert-OH is 3. The first kappa shape index (κ1) is 75.0. The van der Waals surface area contributed by atoms with Crippen molar-refractivity contribution in [2.75, 3.05) is 32.9 Å². The normalized spacial score (nSPS) is 18.6.